The molecule has 2 aromatic carbocycles. The molecular formula is C14H11IN2O2. The number of nitrogens with two attached hydrogens (primary N) is 1. The summed E-state index contributed by atoms with van der Waals surface area (Å²) in [6, 6.07) is 13.1. The van der Waals surface area contributed by atoms with Crippen molar-refractivity contribution in [2.45, 2.75) is 6.04 Å². The minimum absolute atomic E-state index is 0.154. The normalized spacial score (nSPS) is 15.9. The molecule has 0 saturated carbocycles. The molecule has 2 aromatic rings. The van der Waals surface area contributed by atoms with E-state index < -0.39 is 0 Å². The second-order valence-electron chi connectivity index (χ2n) is 4.29. The molecule has 1 unspecified atom stereocenters. The molecule has 0 spiro atoms. The van der Waals surface area contributed by atoms with Crippen LogP contribution in [0.1, 0.15) is 17.2 Å². The van der Waals surface area contributed by atoms with Gasteiger partial charge >= 0.3 is 0 Å². The van der Waals surface area contributed by atoms with E-state index in [0.717, 1.165) is 23.3 Å². The van der Waals surface area contributed by atoms with Crippen molar-refractivity contribution in [3.8, 4) is 11.5 Å². The first-order valence-electron chi connectivity index (χ1n) is 5.76. The fourth-order valence-electron chi connectivity index (χ4n) is 2.28. The van der Waals surface area contributed by atoms with Crippen LogP contribution in [-0.4, -0.2) is 9.52 Å². The molecular weight excluding hydrogens is 355 g/mol. The van der Waals surface area contributed by atoms with Crippen molar-refractivity contribution < 1.29 is 9.53 Å². The van der Waals surface area contributed by atoms with Gasteiger partial charge in [0.25, 0.3) is 0 Å². The van der Waals surface area contributed by atoms with E-state index in [2.05, 4.69) is 0 Å². The maximum Gasteiger partial charge on any atom is 0.219 e. The average Bonchev–Trinajstić information content (AvgIpc) is 2.43. The Morgan fingerprint density at radius 2 is 1.89 bits per heavy atom. The largest absolute Gasteiger partial charge is 0.457 e. The van der Waals surface area contributed by atoms with Gasteiger partial charge in [0.15, 0.2) is 0 Å². The highest BCUT2D eigenvalue weighted by atomic mass is 127. The zero-order chi connectivity index (χ0) is 13.4. The van der Waals surface area contributed by atoms with Crippen LogP contribution in [0.25, 0.3) is 0 Å². The smallest absolute Gasteiger partial charge is 0.219 e. The van der Waals surface area contributed by atoms with Gasteiger partial charge in [0, 0.05) is 22.9 Å². The number of nitrogen functional groups attached to an aromatic ring is 1. The van der Waals surface area contributed by atoms with Gasteiger partial charge in [-0.05, 0) is 12.1 Å². The van der Waals surface area contributed by atoms with Gasteiger partial charge in [-0.1, -0.05) is 24.3 Å². The van der Waals surface area contributed by atoms with Crippen molar-refractivity contribution in [3.05, 3.63) is 53.6 Å². The number of para-hydroxylation sites is 1. The predicted octanol–water partition coefficient (Wildman–Crippen LogP) is 3.27. The Hall–Kier alpha value is -1.76. The molecule has 96 valence electrons. The maximum absolute atomic E-state index is 11.1. The lowest BCUT2D eigenvalue weighted by Gasteiger charge is -2.31. The molecule has 3 rings (SSSR count). The van der Waals surface area contributed by atoms with Crippen LogP contribution in [0.3, 0.4) is 0 Å². The molecule has 0 fully saturated rings. The summed E-state index contributed by atoms with van der Waals surface area (Å²) in [5.41, 5.74) is 8.35. The lowest BCUT2D eigenvalue weighted by Crippen LogP contribution is -2.22. The number of benzene rings is 2. The van der Waals surface area contributed by atoms with Gasteiger partial charge in [0.05, 0.1) is 28.9 Å². The molecule has 2 N–H and O–H groups in total. The molecule has 1 amide bonds. The number of anilines is 1. The summed E-state index contributed by atoms with van der Waals surface area (Å²) in [6.07, 6.45) is 0.813. The minimum atomic E-state index is -0.154. The lowest BCUT2D eigenvalue weighted by atomic mass is 9.94. The van der Waals surface area contributed by atoms with Crippen LogP contribution < -0.4 is 10.5 Å². The fraction of sp³-hybridized carbons (Fsp3) is 0.0714. The molecule has 1 aliphatic heterocycles. The van der Waals surface area contributed by atoms with Crippen molar-refractivity contribution in [1.82, 2.24) is 3.11 Å². The van der Waals surface area contributed by atoms with Crippen LogP contribution in [0.15, 0.2) is 42.5 Å². The SMILES string of the molecule is Nc1ccc2c(c1)Oc1ccccc1C2N(I)C=O. The van der Waals surface area contributed by atoms with Crippen LogP contribution in [-0.2, 0) is 4.79 Å². The van der Waals surface area contributed by atoms with E-state index in [1.807, 2.05) is 59.3 Å². The molecule has 0 aromatic heterocycles. The van der Waals surface area contributed by atoms with Gasteiger partial charge in [0.1, 0.15) is 11.5 Å². The fourth-order valence-corrected chi connectivity index (χ4v) is 2.88. The summed E-state index contributed by atoms with van der Waals surface area (Å²) < 4.78 is 7.46. The standard InChI is InChI=1S/C14H11IN2O2/c15-17(8-18)14-10-3-1-2-4-12(10)19-13-7-9(16)5-6-11(13)14/h1-8,14H,16H2. The maximum atomic E-state index is 11.1. The van der Waals surface area contributed by atoms with Gasteiger partial charge in [-0.25, -0.2) is 0 Å². The Balaban J connectivity index is 2.20. The summed E-state index contributed by atoms with van der Waals surface area (Å²) in [4.78, 5) is 11.1. The average molecular weight is 366 g/mol. The van der Waals surface area contributed by atoms with Gasteiger partial charge < -0.3 is 10.5 Å². The molecule has 5 heteroatoms. The molecule has 0 bridgehead atoms. The van der Waals surface area contributed by atoms with Crippen molar-refractivity contribution in [2.24, 2.45) is 0 Å². The number of carbonyl (C=O) groups is 1. The summed E-state index contributed by atoms with van der Waals surface area (Å²) in [6.45, 7) is 0. The topological polar surface area (TPSA) is 55.6 Å². The lowest BCUT2D eigenvalue weighted by molar-refractivity contribution is -0.113. The highest BCUT2D eigenvalue weighted by Crippen LogP contribution is 2.46. The van der Waals surface area contributed by atoms with Crippen molar-refractivity contribution in [2.75, 3.05) is 5.73 Å². The number of amides is 1. The van der Waals surface area contributed by atoms with Crippen molar-refractivity contribution >= 4 is 35.0 Å². The monoisotopic (exact) mass is 366 g/mol. The number of hydrogen-bond donors (Lipinski definition) is 1. The highest BCUT2D eigenvalue weighted by molar-refractivity contribution is 14.1. The number of nitrogens with zero attached hydrogens (tertiary/aromatic N) is 1. The first-order valence-corrected chi connectivity index (χ1v) is 6.73. The quantitative estimate of drug-likeness (QED) is 0.384. The number of fused-ring (bicyclic) bond motifs is 2. The Morgan fingerprint density at radius 1 is 1.16 bits per heavy atom. The third-order valence-electron chi connectivity index (χ3n) is 3.11. The van der Waals surface area contributed by atoms with Crippen molar-refractivity contribution in [1.29, 1.82) is 0 Å². The van der Waals surface area contributed by atoms with Gasteiger partial charge in [-0.2, -0.15) is 0 Å². The van der Waals surface area contributed by atoms with Crippen LogP contribution in [0.2, 0.25) is 0 Å². The summed E-state index contributed by atoms with van der Waals surface area (Å²) in [5.74, 6) is 1.46. The molecule has 1 heterocycles. The molecule has 1 aliphatic rings. The molecule has 0 radical (unpaired) electrons. The molecule has 0 saturated heterocycles. The van der Waals surface area contributed by atoms with E-state index in [9.17, 15) is 4.79 Å². The van der Waals surface area contributed by atoms with E-state index in [1.165, 1.54) is 0 Å². The molecule has 4 nitrogen and oxygen atoms in total. The van der Waals surface area contributed by atoms with Gasteiger partial charge in [0.2, 0.25) is 6.41 Å². The Labute approximate surface area is 124 Å². The van der Waals surface area contributed by atoms with Gasteiger partial charge in [-0.15, -0.1) is 0 Å². The van der Waals surface area contributed by atoms with Crippen LogP contribution in [0, 0.1) is 0 Å². The van der Waals surface area contributed by atoms with Crippen LogP contribution in [0.4, 0.5) is 5.69 Å². The van der Waals surface area contributed by atoms with E-state index in [1.54, 1.807) is 9.18 Å². The first-order chi connectivity index (χ1) is 9.20. The zero-order valence-electron chi connectivity index (χ0n) is 9.92. The van der Waals surface area contributed by atoms with Crippen LogP contribution in [0.5, 0.6) is 11.5 Å². The Morgan fingerprint density at radius 3 is 2.68 bits per heavy atom. The van der Waals surface area contributed by atoms with E-state index in [-0.39, 0.29) is 6.04 Å². The first kappa shape index (κ1) is 12.3. The molecule has 19 heavy (non-hydrogen) atoms. The summed E-state index contributed by atoms with van der Waals surface area (Å²) in [7, 11) is 0. The number of halogens is 1. The highest BCUT2D eigenvalue weighted by Gasteiger charge is 2.30. The molecule has 0 aliphatic carbocycles. The predicted molar refractivity (Wildman–Crippen MR) is 81.1 cm³/mol. The number of ether oxygens (including phenoxy) is 1. The number of hydrogen-bond acceptors (Lipinski definition) is 3. The Bertz CT molecular complexity index is 645. The number of carbonyl (C=O) groups excluding carboxylic acids is 1. The van der Waals surface area contributed by atoms with Crippen LogP contribution >= 0.6 is 22.9 Å². The van der Waals surface area contributed by atoms with E-state index in [4.69, 9.17) is 10.5 Å². The minimum Gasteiger partial charge on any atom is -0.457 e. The number of rotatable bonds is 2. The van der Waals surface area contributed by atoms with E-state index >= 15 is 0 Å². The third kappa shape index (κ3) is 2.03. The second-order valence-corrected chi connectivity index (χ2v) is 5.40. The third-order valence-corrected chi connectivity index (χ3v) is 3.90. The van der Waals surface area contributed by atoms with Crippen molar-refractivity contribution in [3.63, 3.8) is 0 Å². The summed E-state index contributed by atoms with van der Waals surface area (Å²) in [5, 5.41) is 0. The van der Waals surface area contributed by atoms with E-state index in [0.29, 0.717) is 11.4 Å². The summed E-state index contributed by atoms with van der Waals surface area (Å²) >= 11 is 2.01. The molecule has 1 atom stereocenters. The Kier molecular flexibility index (Phi) is 3.06. The van der Waals surface area contributed by atoms with Gasteiger partial charge in [-0.3, -0.25) is 7.91 Å². The zero-order valence-corrected chi connectivity index (χ0v) is 12.1. The second kappa shape index (κ2) is 4.73.